The number of nitrogens with zero attached hydrogens (tertiary/aromatic N) is 1. The van der Waals surface area contributed by atoms with Crippen LogP contribution in [0.5, 0.6) is 0 Å². The Labute approximate surface area is 118 Å². The monoisotopic (exact) mass is 278 g/mol. The van der Waals surface area contributed by atoms with Gasteiger partial charge in [0.05, 0.1) is 6.20 Å². The Morgan fingerprint density at radius 2 is 1.89 bits per heavy atom. The van der Waals surface area contributed by atoms with E-state index in [4.69, 9.17) is 10.2 Å². The molecule has 1 aromatic heterocycles. The summed E-state index contributed by atoms with van der Waals surface area (Å²) < 4.78 is 5.30. The molecule has 4 fully saturated rings. The fraction of sp³-hybridized carbons (Fsp3) is 0.800. The SMILES string of the molecule is NC(CSc1ncco1)C12CC3CC(CC(C3)C1)C2. The highest BCUT2D eigenvalue weighted by atomic mass is 32.2. The Kier molecular flexibility index (Phi) is 2.92. The van der Waals surface area contributed by atoms with Gasteiger partial charge in [-0.3, -0.25) is 0 Å². The van der Waals surface area contributed by atoms with Gasteiger partial charge in [0, 0.05) is 11.8 Å². The van der Waals surface area contributed by atoms with Gasteiger partial charge in [0.2, 0.25) is 0 Å². The third-order valence-electron chi connectivity index (χ3n) is 5.67. The second-order valence-electron chi connectivity index (χ2n) is 7.00. The molecule has 4 aliphatic carbocycles. The molecule has 5 rings (SSSR count). The zero-order chi connectivity index (χ0) is 12.9. The van der Waals surface area contributed by atoms with Gasteiger partial charge in [-0.1, -0.05) is 11.8 Å². The van der Waals surface area contributed by atoms with Gasteiger partial charge in [-0.25, -0.2) is 4.98 Å². The molecule has 0 spiro atoms. The molecule has 0 amide bonds. The van der Waals surface area contributed by atoms with Crippen molar-refractivity contribution in [1.82, 2.24) is 4.98 Å². The van der Waals surface area contributed by atoms with Crippen LogP contribution < -0.4 is 5.73 Å². The van der Waals surface area contributed by atoms with Crippen LogP contribution in [0.2, 0.25) is 0 Å². The van der Waals surface area contributed by atoms with E-state index < -0.39 is 0 Å². The molecule has 1 atom stereocenters. The first-order valence-electron chi connectivity index (χ1n) is 7.51. The summed E-state index contributed by atoms with van der Waals surface area (Å²) in [6, 6.07) is 0.304. The predicted molar refractivity (Wildman–Crippen MR) is 75.8 cm³/mol. The molecule has 0 radical (unpaired) electrons. The molecule has 1 heterocycles. The first-order valence-corrected chi connectivity index (χ1v) is 8.50. The largest absolute Gasteiger partial charge is 0.440 e. The number of thioether (sulfide) groups is 1. The number of hydrogen-bond donors (Lipinski definition) is 1. The highest BCUT2D eigenvalue weighted by molar-refractivity contribution is 7.99. The number of nitrogens with two attached hydrogens (primary N) is 1. The van der Waals surface area contributed by atoms with Crippen molar-refractivity contribution in [2.45, 2.75) is 49.8 Å². The molecule has 2 N–H and O–H groups in total. The summed E-state index contributed by atoms with van der Waals surface area (Å²) in [5, 5.41) is 0.764. The molecule has 3 nitrogen and oxygen atoms in total. The molecule has 1 aromatic rings. The smallest absolute Gasteiger partial charge is 0.255 e. The number of hydrogen-bond acceptors (Lipinski definition) is 4. The van der Waals surface area contributed by atoms with Gasteiger partial charge in [0.15, 0.2) is 0 Å². The maximum absolute atomic E-state index is 6.60. The molecule has 0 saturated heterocycles. The summed E-state index contributed by atoms with van der Waals surface area (Å²) in [7, 11) is 0. The van der Waals surface area contributed by atoms with Crippen LogP contribution >= 0.6 is 11.8 Å². The van der Waals surface area contributed by atoms with Crippen molar-refractivity contribution in [1.29, 1.82) is 0 Å². The first-order chi connectivity index (χ1) is 9.23. The van der Waals surface area contributed by atoms with Gasteiger partial charge < -0.3 is 10.2 Å². The van der Waals surface area contributed by atoms with Crippen molar-refractivity contribution in [3.63, 3.8) is 0 Å². The second kappa shape index (κ2) is 4.52. The minimum atomic E-state index is 0.304. The van der Waals surface area contributed by atoms with E-state index in [-0.39, 0.29) is 0 Å². The topological polar surface area (TPSA) is 52.0 Å². The van der Waals surface area contributed by atoms with E-state index in [1.54, 1.807) is 24.2 Å². The minimum absolute atomic E-state index is 0.304. The third-order valence-corrected chi connectivity index (χ3v) is 6.64. The number of rotatable bonds is 4. The Morgan fingerprint density at radius 3 is 2.42 bits per heavy atom. The van der Waals surface area contributed by atoms with Gasteiger partial charge in [-0.2, -0.15) is 0 Å². The maximum atomic E-state index is 6.60. The van der Waals surface area contributed by atoms with Crippen molar-refractivity contribution in [2.75, 3.05) is 5.75 Å². The van der Waals surface area contributed by atoms with E-state index >= 15 is 0 Å². The fourth-order valence-electron chi connectivity index (χ4n) is 5.25. The first kappa shape index (κ1) is 12.3. The van der Waals surface area contributed by atoms with E-state index in [1.165, 1.54) is 38.5 Å². The average Bonchev–Trinajstić information content (AvgIpc) is 2.87. The van der Waals surface area contributed by atoms with Gasteiger partial charge in [-0.05, 0) is 61.7 Å². The van der Waals surface area contributed by atoms with Crippen LogP contribution in [-0.2, 0) is 0 Å². The molecular formula is C15H22N2OS. The van der Waals surface area contributed by atoms with Crippen molar-refractivity contribution in [2.24, 2.45) is 28.9 Å². The minimum Gasteiger partial charge on any atom is -0.440 e. The lowest BCUT2D eigenvalue weighted by Gasteiger charge is -2.58. The summed E-state index contributed by atoms with van der Waals surface area (Å²) in [5.41, 5.74) is 7.04. The van der Waals surface area contributed by atoms with Crippen LogP contribution in [-0.4, -0.2) is 16.8 Å². The van der Waals surface area contributed by atoms with Crippen LogP contribution in [0.3, 0.4) is 0 Å². The quantitative estimate of drug-likeness (QED) is 0.859. The highest BCUT2D eigenvalue weighted by Crippen LogP contribution is 2.61. The molecule has 104 valence electrons. The van der Waals surface area contributed by atoms with E-state index in [0.29, 0.717) is 11.5 Å². The summed E-state index contributed by atoms with van der Waals surface area (Å²) in [6.07, 6.45) is 11.9. The zero-order valence-electron chi connectivity index (χ0n) is 11.3. The standard InChI is InChI=1S/C15H22N2OS/c16-13(9-19-14-17-1-2-18-14)15-6-10-3-11(7-15)5-12(4-10)8-15/h1-2,10-13H,3-9,16H2. The lowest BCUT2D eigenvalue weighted by Crippen LogP contribution is -2.55. The predicted octanol–water partition coefficient (Wildman–Crippen LogP) is 3.31. The fourth-order valence-corrected chi connectivity index (χ4v) is 6.19. The van der Waals surface area contributed by atoms with E-state index in [2.05, 4.69) is 4.98 Å². The molecule has 4 bridgehead atoms. The normalized spacial score (nSPS) is 41.6. The van der Waals surface area contributed by atoms with Crippen molar-refractivity contribution < 1.29 is 4.42 Å². The van der Waals surface area contributed by atoms with Crippen LogP contribution in [0.1, 0.15) is 38.5 Å². The molecule has 4 saturated carbocycles. The Morgan fingerprint density at radius 1 is 1.26 bits per heavy atom. The lowest BCUT2D eigenvalue weighted by atomic mass is 9.48. The Balaban J connectivity index is 1.45. The Hall–Kier alpha value is -0.480. The van der Waals surface area contributed by atoms with Crippen molar-refractivity contribution in [3.05, 3.63) is 12.5 Å². The highest BCUT2D eigenvalue weighted by Gasteiger charge is 2.53. The van der Waals surface area contributed by atoms with Gasteiger partial charge >= 0.3 is 0 Å². The molecule has 0 aliphatic heterocycles. The second-order valence-corrected chi connectivity index (χ2v) is 7.97. The molecule has 19 heavy (non-hydrogen) atoms. The van der Waals surface area contributed by atoms with Crippen LogP contribution in [0.4, 0.5) is 0 Å². The van der Waals surface area contributed by atoms with Crippen LogP contribution in [0.15, 0.2) is 22.1 Å². The van der Waals surface area contributed by atoms with E-state index in [9.17, 15) is 0 Å². The van der Waals surface area contributed by atoms with Crippen molar-refractivity contribution in [3.8, 4) is 0 Å². The maximum Gasteiger partial charge on any atom is 0.255 e. The van der Waals surface area contributed by atoms with Crippen LogP contribution in [0.25, 0.3) is 0 Å². The van der Waals surface area contributed by atoms with E-state index in [0.717, 1.165) is 28.7 Å². The summed E-state index contributed by atoms with van der Waals surface area (Å²) >= 11 is 1.68. The molecular weight excluding hydrogens is 256 g/mol. The van der Waals surface area contributed by atoms with Crippen LogP contribution in [0, 0.1) is 23.2 Å². The number of oxazole rings is 1. The van der Waals surface area contributed by atoms with Gasteiger partial charge in [-0.15, -0.1) is 0 Å². The molecule has 0 aromatic carbocycles. The summed E-state index contributed by atoms with van der Waals surface area (Å²) in [6.45, 7) is 0. The lowest BCUT2D eigenvalue weighted by molar-refractivity contribution is -0.0629. The molecule has 4 heteroatoms. The molecule has 1 unspecified atom stereocenters. The summed E-state index contributed by atoms with van der Waals surface area (Å²) in [5.74, 6) is 3.88. The van der Waals surface area contributed by atoms with Crippen molar-refractivity contribution >= 4 is 11.8 Å². The van der Waals surface area contributed by atoms with Gasteiger partial charge in [0.25, 0.3) is 5.22 Å². The van der Waals surface area contributed by atoms with E-state index in [1.807, 2.05) is 0 Å². The third kappa shape index (κ3) is 2.13. The zero-order valence-corrected chi connectivity index (χ0v) is 12.1. The Bertz CT molecular complexity index is 410. The average molecular weight is 278 g/mol. The molecule has 4 aliphatic rings. The summed E-state index contributed by atoms with van der Waals surface area (Å²) in [4.78, 5) is 4.18. The number of aromatic nitrogens is 1. The van der Waals surface area contributed by atoms with Gasteiger partial charge in [0.1, 0.15) is 6.26 Å².